The SMILES string of the molecule is O=[N+]([O-])c1cc(Br)c2nccnc2c1. The number of nitrogens with zero attached hydrogens (tertiary/aromatic N) is 3. The maximum atomic E-state index is 10.5. The molecule has 0 saturated heterocycles. The molecule has 2 rings (SSSR count). The molecule has 0 saturated carbocycles. The highest BCUT2D eigenvalue weighted by Crippen LogP contribution is 2.26. The molecule has 0 aliphatic carbocycles. The lowest BCUT2D eigenvalue weighted by Gasteiger charge is -1.98. The Morgan fingerprint density at radius 2 is 2.00 bits per heavy atom. The van der Waals surface area contributed by atoms with Crippen LogP contribution in [0.5, 0.6) is 0 Å². The second kappa shape index (κ2) is 3.30. The van der Waals surface area contributed by atoms with Crippen LogP contribution in [0.25, 0.3) is 11.0 Å². The van der Waals surface area contributed by atoms with Gasteiger partial charge in [-0.05, 0) is 15.9 Å². The zero-order valence-corrected chi connectivity index (χ0v) is 8.43. The Morgan fingerprint density at radius 3 is 2.71 bits per heavy atom. The van der Waals surface area contributed by atoms with Gasteiger partial charge in [0.25, 0.3) is 5.69 Å². The molecule has 0 amide bonds. The van der Waals surface area contributed by atoms with E-state index in [-0.39, 0.29) is 5.69 Å². The number of aromatic nitrogens is 2. The summed E-state index contributed by atoms with van der Waals surface area (Å²) in [6, 6.07) is 2.81. The van der Waals surface area contributed by atoms with Crippen LogP contribution in [-0.4, -0.2) is 14.9 Å². The zero-order chi connectivity index (χ0) is 10.1. The van der Waals surface area contributed by atoms with Gasteiger partial charge in [0.1, 0.15) is 5.52 Å². The first-order valence-corrected chi connectivity index (χ1v) is 4.52. The van der Waals surface area contributed by atoms with E-state index in [2.05, 4.69) is 25.9 Å². The fourth-order valence-corrected chi connectivity index (χ4v) is 1.66. The second-order valence-electron chi connectivity index (χ2n) is 2.61. The molecular formula is C8H4BrN3O2. The third kappa shape index (κ3) is 1.44. The molecule has 0 aliphatic rings. The number of halogens is 1. The largest absolute Gasteiger partial charge is 0.272 e. The molecule has 0 bridgehead atoms. The molecule has 6 heteroatoms. The van der Waals surface area contributed by atoms with Crippen molar-refractivity contribution in [3.05, 3.63) is 39.1 Å². The quantitative estimate of drug-likeness (QED) is 0.578. The van der Waals surface area contributed by atoms with Gasteiger partial charge in [0.2, 0.25) is 0 Å². The molecule has 70 valence electrons. The molecule has 1 aromatic carbocycles. The normalized spacial score (nSPS) is 10.4. The van der Waals surface area contributed by atoms with E-state index in [4.69, 9.17) is 0 Å². The molecule has 5 nitrogen and oxygen atoms in total. The number of fused-ring (bicyclic) bond motifs is 1. The third-order valence-electron chi connectivity index (χ3n) is 1.72. The Labute approximate surface area is 87.1 Å². The summed E-state index contributed by atoms with van der Waals surface area (Å²) in [5.74, 6) is 0. The summed E-state index contributed by atoms with van der Waals surface area (Å²) in [5, 5.41) is 10.5. The van der Waals surface area contributed by atoms with E-state index in [9.17, 15) is 10.1 Å². The number of nitro benzene ring substituents is 1. The molecule has 2 aromatic rings. The summed E-state index contributed by atoms with van der Waals surface area (Å²) in [5.41, 5.74) is 1.14. The monoisotopic (exact) mass is 253 g/mol. The number of hydrogen-bond acceptors (Lipinski definition) is 4. The van der Waals surface area contributed by atoms with E-state index in [0.29, 0.717) is 15.5 Å². The van der Waals surface area contributed by atoms with Crippen LogP contribution >= 0.6 is 15.9 Å². The number of hydrogen-bond donors (Lipinski definition) is 0. The van der Waals surface area contributed by atoms with E-state index in [1.807, 2.05) is 0 Å². The molecule has 1 aromatic heterocycles. The van der Waals surface area contributed by atoms with Gasteiger partial charge in [-0.1, -0.05) is 0 Å². The Bertz CT molecular complexity index is 515. The number of non-ortho nitro benzene ring substituents is 1. The fourth-order valence-electron chi connectivity index (χ4n) is 1.12. The molecule has 0 N–H and O–H groups in total. The van der Waals surface area contributed by atoms with Gasteiger partial charge in [-0.25, -0.2) is 0 Å². The van der Waals surface area contributed by atoms with Crippen molar-refractivity contribution in [3.63, 3.8) is 0 Å². The Kier molecular flexibility index (Phi) is 2.12. The van der Waals surface area contributed by atoms with Crippen molar-refractivity contribution in [2.45, 2.75) is 0 Å². The lowest BCUT2D eigenvalue weighted by atomic mass is 10.2. The Hall–Kier alpha value is -1.56. The number of rotatable bonds is 1. The highest BCUT2D eigenvalue weighted by atomic mass is 79.9. The predicted octanol–water partition coefficient (Wildman–Crippen LogP) is 2.30. The van der Waals surface area contributed by atoms with Crippen LogP contribution in [0.2, 0.25) is 0 Å². The van der Waals surface area contributed by atoms with Crippen LogP contribution in [0.3, 0.4) is 0 Å². The molecular weight excluding hydrogens is 250 g/mol. The van der Waals surface area contributed by atoms with Gasteiger partial charge in [-0.2, -0.15) is 0 Å². The van der Waals surface area contributed by atoms with Crippen molar-refractivity contribution in [2.24, 2.45) is 0 Å². The first-order chi connectivity index (χ1) is 6.68. The smallest absolute Gasteiger partial charge is 0.258 e. The van der Waals surface area contributed by atoms with Crippen molar-refractivity contribution in [3.8, 4) is 0 Å². The lowest BCUT2D eigenvalue weighted by Crippen LogP contribution is -1.90. The zero-order valence-electron chi connectivity index (χ0n) is 6.85. The second-order valence-corrected chi connectivity index (χ2v) is 3.46. The van der Waals surface area contributed by atoms with E-state index in [1.54, 1.807) is 6.20 Å². The van der Waals surface area contributed by atoms with E-state index < -0.39 is 4.92 Å². The van der Waals surface area contributed by atoms with Crippen molar-refractivity contribution >= 4 is 32.7 Å². The highest BCUT2D eigenvalue weighted by Gasteiger charge is 2.10. The van der Waals surface area contributed by atoms with E-state index >= 15 is 0 Å². The maximum Gasteiger partial charge on any atom is 0.272 e. The molecule has 0 aliphatic heterocycles. The third-order valence-corrected chi connectivity index (χ3v) is 2.33. The van der Waals surface area contributed by atoms with Gasteiger partial charge < -0.3 is 0 Å². The number of benzene rings is 1. The maximum absolute atomic E-state index is 10.5. The van der Waals surface area contributed by atoms with Gasteiger partial charge in [0, 0.05) is 24.5 Å². The van der Waals surface area contributed by atoms with Gasteiger partial charge in [-0.3, -0.25) is 20.1 Å². The van der Waals surface area contributed by atoms with Crippen LogP contribution in [0, 0.1) is 10.1 Å². The minimum Gasteiger partial charge on any atom is -0.258 e. The van der Waals surface area contributed by atoms with Crippen molar-refractivity contribution < 1.29 is 4.92 Å². The summed E-state index contributed by atoms with van der Waals surface area (Å²) in [6.07, 6.45) is 3.04. The van der Waals surface area contributed by atoms with Crippen LogP contribution in [-0.2, 0) is 0 Å². The van der Waals surface area contributed by atoms with Crippen LogP contribution in [0.4, 0.5) is 5.69 Å². The average Bonchev–Trinajstić information content (AvgIpc) is 2.17. The van der Waals surface area contributed by atoms with Gasteiger partial charge in [0.05, 0.1) is 14.9 Å². The molecule has 0 spiro atoms. The van der Waals surface area contributed by atoms with Crippen molar-refractivity contribution in [1.29, 1.82) is 0 Å². The van der Waals surface area contributed by atoms with Gasteiger partial charge in [0.15, 0.2) is 0 Å². The predicted molar refractivity (Wildman–Crippen MR) is 53.9 cm³/mol. The first kappa shape index (κ1) is 9.01. The molecule has 0 atom stereocenters. The van der Waals surface area contributed by atoms with Crippen molar-refractivity contribution in [2.75, 3.05) is 0 Å². The average molecular weight is 254 g/mol. The van der Waals surface area contributed by atoms with Crippen LogP contribution in [0.15, 0.2) is 29.0 Å². The minimum absolute atomic E-state index is 0.00451. The summed E-state index contributed by atoms with van der Waals surface area (Å²) in [4.78, 5) is 18.1. The van der Waals surface area contributed by atoms with Gasteiger partial charge >= 0.3 is 0 Å². The summed E-state index contributed by atoms with van der Waals surface area (Å²) in [7, 11) is 0. The molecule has 1 heterocycles. The van der Waals surface area contributed by atoms with E-state index in [1.165, 1.54) is 18.3 Å². The molecule has 0 fully saturated rings. The standard InChI is InChI=1S/C8H4BrN3O2/c9-6-3-5(12(13)14)4-7-8(6)11-2-1-10-7/h1-4H. The molecule has 0 radical (unpaired) electrons. The molecule has 14 heavy (non-hydrogen) atoms. The fraction of sp³-hybridized carbons (Fsp3) is 0. The topological polar surface area (TPSA) is 68.9 Å². The van der Waals surface area contributed by atoms with Crippen LogP contribution < -0.4 is 0 Å². The minimum atomic E-state index is -0.459. The van der Waals surface area contributed by atoms with Crippen molar-refractivity contribution in [1.82, 2.24) is 9.97 Å². The van der Waals surface area contributed by atoms with Crippen LogP contribution in [0.1, 0.15) is 0 Å². The number of nitro groups is 1. The summed E-state index contributed by atoms with van der Waals surface area (Å²) < 4.78 is 0.579. The molecule has 0 unspecified atom stereocenters. The van der Waals surface area contributed by atoms with Gasteiger partial charge in [-0.15, -0.1) is 0 Å². The lowest BCUT2D eigenvalue weighted by molar-refractivity contribution is -0.384. The Morgan fingerprint density at radius 1 is 1.29 bits per heavy atom. The first-order valence-electron chi connectivity index (χ1n) is 3.73. The Balaban J connectivity index is 2.78. The highest BCUT2D eigenvalue weighted by molar-refractivity contribution is 9.10. The summed E-state index contributed by atoms with van der Waals surface area (Å²) in [6.45, 7) is 0. The summed E-state index contributed by atoms with van der Waals surface area (Å²) >= 11 is 3.21. The van der Waals surface area contributed by atoms with E-state index in [0.717, 1.165) is 0 Å².